The van der Waals surface area contributed by atoms with Crippen molar-refractivity contribution in [2.24, 2.45) is 0 Å². The molecular weight excluding hydrogens is 1230 g/mol. The molecule has 0 unspecified atom stereocenters. The van der Waals surface area contributed by atoms with Crippen molar-refractivity contribution in [3.05, 3.63) is 210 Å². The number of halogens is 13. The highest BCUT2D eigenvalue weighted by Crippen LogP contribution is 2.61. The van der Waals surface area contributed by atoms with E-state index in [0.717, 1.165) is 36.4 Å². The van der Waals surface area contributed by atoms with E-state index in [1.807, 2.05) is 0 Å². The number of hydrogen-bond donors (Lipinski definition) is 4. The zero-order valence-electron chi connectivity index (χ0n) is 43.8. The number of carbonyl (C=O) groups excluding carboxylic acids is 3. The van der Waals surface area contributed by atoms with E-state index >= 15 is 0 Å². The minimum atomic E-state index is -4.46. The van der Waals surface area contributed by atoms with Crippen molar-refractivity contribution < 1.29 is 63.2 Å². The maximum atomic E-state index is 12.8. The van der Waals surface area contributed by atoms with Gasteiger partial charge in [0.15, 0.2) is 11.3 Å². The van der Waals surface area contributed by atoms with Crippen LogP contribution in [0.4, 0.5) is 39.5 Å². The van der Waals surface area contributed by atoms with Crippen LogP contribution in [0.25, 0.3) is 33.1 Å². The molecule has 9 aromatic rings. The maximum absolute atomic E-state index is 12.8. The van der Waals surface area contributed by atoms with Gasteiger partial charge in [0, 0.05) is 49.3 Å². The molecule has 0 radical (unpaired) electrons. The molecule has 0 aliphatic carbocycles. The summed E-state index contributed by atoms with van der Waals surface area (Å²) >= 11 is 20.2. The SMILES string of the molecule is COc1c(C(=O)NCc2cccc(C(F)(F)F)c2)c(C)nc2ncccc12.Cc1[nH]c2ncccc2c(=O)c1C(=O)NCc1cccc(C(F)(F)F)c1.Cc1nc2ncccc2c(Cl)c1C(=O)NCc1cccc(C(F)(F)F)c1.O=P(Cl)(Cl)Cl. The van der Waals surface area contributed by atoms with Crippen LogP contribution in [-0.4, -0.2) is 54.7 Å². The normalized spacial score (nSPS) is 11.5. The number of carbonyl (C=O) groups is 3. The number of amides is 3. The average molecular weight is 1270 g/mol. The molecule has 0 bridgehead atoms. The first-order chi connectivity index (χ1) is 39.3. The van der Waals surface area contributed by atoms with Gasteiger partial charge < -0.3 is 25.7 Å². The van der Waals surface area contributed by atoms with Crippen molar-refractivity contribution in [1.82, 2.24) is 45.9 Å². The first-order valence-corrected chi connectivity index (χ1v) is 28.8. The predicted octanol–water partition coefficient (Wildman–Crippen LogP) is 14.4. The molecule has 0 aliphatic rings. The molecule has 9 rings (SSSR count). The molecule has 0 saturated heterocycles. The van der Waals surface area contributed by atoms with E-state index in [2.05, 4.69) is 79.6 Å². The van der Waals surface area contributed by atoms with E-state index in [-0.39, 0.29) is 52.3 Å². The smallest absolute Gasteiger partial charge is 0.416 e. The van der Waals surface area contributed by atoms with Crippen LogP contribution < -0.4 is 26.1 Å². The second kappa shape index (κ2) is 27.7. The van der Waals surface area contributed by atoms with Crippen LogP contribution in [0, 0.1) is 20.8 Å². The summed E-state index contributed by atoms with van der Waals surface area (Å²) in [7, 11) is 1.44. The van der Waals surface area contributed by atoms with Crippen molar-refractivity contribution in [2.75, 3.05) is 7.11 Å². The highest BCUT2D eigenvalue weighted by molar-refractivity contribution is 8.24. The number of benzene rings is 3. The highest BCUT2D eigenvalue weighted by atomic mass is 36.0. The third-order valence-corrected chi connectivity index (χ3v) is 12.1. The second-order valence-electron chi connectivity index (χ2n) is 17.6. The molecule has 84 heavy (non-hydrogen) atoms. The Balaban J connectivity index is 0.000000194. The van der Waals surface area contributed by atoms with Gasteiger partial charge in [-0.2, -0.15) is 39.5 Å². The van der Waals surface area contributed by atoms with Crippen molar-refractivity contribution in [1.29, 1.82) is 0 Å². The van der Waals surface area contributed by atoms with E-state index in [9.17, 15) is 63.3 Å². The number of H-pyrrole nitrogens is 1. The second-order valence-corrected chi connectivity index (χ2v) is 24.7. The zero-order valence-corrected chi connectivity index (χ0v) is 47.7. The van der Waals surface area contributed by atoms with Gasteiger partial charge in [0.1, 0.15) is 22.5 Å². The molecule has 6 aromatic heterocycles. The van der Waals surface area contributed by atoms with Gasteiger partial charge in [-0.15, -0.1) is 0 Å². The molecule has 0 saturated carbocycles. The van der Waals surface area contributed by atoms with Gasteiger partial charge in [-0.05, 0) is 144 Å². The number of methoxy groups -OCH3 is 1. The largest absolute Gasteiger partial charge is 0.495 e. The number of pyridine rings is 6. The molecule has 4 N–H and O–H groups in total. The van der Waals surface area contributed by atoms with E-state index in [0.29, 0.717) is 61.7 Å². The lowest BCUT2D eigenvalue weighted by Crippen LogP contribution is -2.30. The van der Waals surface area contributed by atoms with Crippen molar-refractivity contribution >= 4 is 101 Å². The Bertz CT molecular complexity index is 4010. The van der Waals surface area contributed by atoms with Gasteiger partial charge >= 0.3 is 23.7 Å². The number of ether oxygens (including phenoxy) is 1. The maximum Gasteiger partial charge on any atom is 0.416 e. The van der Waals surface area contributed by atoms with Crippen LogP contribution in [0.15, 0.2) is 133 Å². The molecule has 0 spiro atoms. The molecule has 29 heteroatoms. The minimum absolute atomic E-state index is 0.0591. The van der Waals surface area contributed by atoms with E-state index in [1.165, 1.54) is 49.7 Å². The van der Waals surface area contributed by atoms with Crippen LogP contribution in [0.2, 0.25) is 5.02 Å². The van der Waals surface area contributed by atoms with Gasteiger partial charge in [-0.25, -0.2) is 24.9 Å². The molecule has 3 amide bonds. The van der Waals surface area contributed by atoms with Crippen LogP contribution >= 0.6 is 50.5 Å². The number of aromatic amines is 1. The summed E-state index contributed by atoms with van der Waals surface area (Å²) in [6.07, 6.45) is -8.66. The molecule has 15 nitrogen and oxygen atoms in total. The number of alkyl halides is 9. The Morgan fingerprint density at radius 2 is 0.917 bits per heavy atom. The number of nitrogens with one attached hydrogen (secondary N) is 4. The summed E-state index contributed by atoms with van der Waals surface area (Å²) in [5.41, 5.74) is 0.841. The number of fused-ring (bicyclic) bond motifs is 3. The molecule has 440 valence electrons. The Hall–Kier alpha value is -7.89. The van der Waals surface area contributed by atoms with E-state index in [4.69, 9.17) is 16.3 Å². The van der Waals surface area contributed by atoms with Gasteiger partial charge in [-0.3, -0.25) is 23.7 Å². The summed E-state index contributed by atoms with van der Waals surface area (Å²) in [4.78, 5) is 73.8. The van der Waals surface area contributed by atoms with E-state index in [1.54, 1.807) is 69.6 Å². The quantitative estimate of drug-likeness (QED) is 0.0747. The van der Waals surface area contributed by atoms with Crippen LogP contribution in [0.1, 0.15) is 81.5 Å². The fraction of sp³-hybridized carbons (Fsp3) is 0.182. The Labute approximate surface area is 490 Å². The zero-order chi connectivity index (χ0) is 61.9. The molecule has 0 fully saturated rings. The standard InChI is InChI=1S/C19H16F3N3O2.C18H13ClF3N3O.C18H14F3N3O2.Cl3OP/c1-11-15(16(27-2)14-7-4-8-23-17(14)25-11)18(26)24-10-12-5-3-6-13(9-12)19(20,21)22;1-10-14(15(19)13-6-3-7-23-16(13)25-10)17(26)24-9-11-4-2-5-12(8-11)18(20,21)22;1-10-14(15(25)13-6-3-7-22-16(13)24-10)17(26)23-9-11-4-2-5-12(8-11)18(19,20)21;1-5(2,3)4/h3-9H,10H2,1-2H3,(H,24,26);2-8H,9H2,1H3,(H,24,26);2-8H,9H2,1H3,(H,23,26)(H,22,24,25);. The summed E-state index contributed by atoms with van der Waals surface area (Å²) < 4.78 is 130. The molecular formula is C55H43Cl4F9N9O6P. The lowest BCUT2D eigenvalue weighted by molar-refractivity contribution is -0.138. The number of aromatic nitrogens is 6. The van der Waals surface area contributed by atoms with Gasteiger partial charge in [-0.1, -0.05) is 48.0 Å². The van der Waals surface area contributed by atoms with Gasteiger partial charge in [0.25, 0.3) is 17.7 Å². The summed E-state index contributed by atoms with van der Waals surface area (Å²) in [6, 6.07) is 24.2. The summed E-state index contributed by atoms with van der Waals surface area (Å²) in [5, 5.41) is 6.07. The molecule has 3 aromatic carbocycles. The molecule has 0 aliphatic heterocycles. The van der Waals surface area contributed by atoms with E-state index < -0.39 is 63.6 Å². The monoisotopic (exact) mass is 1270 g/mol. The Kier molecular flexibility index (Phi) is 21.5. The van der Waals surface area contributed by atoms with Gasteiger partial charge in [0.2, 0.25) is 5.43 Å². The number of hydrogen-bond acceptors (Lipinski definition) is 11. The highest BCUT2D eigenvalue weighted by Gasteiger charge is 2.32. The molecule has 6 heterocycles. The van der Waals surface area contributed by atoms with Crippen molar-refractivity contribution in [3.8, 4) is 5.75 Å². The third-order valence-electron chi connectivity index (χ3n) is 11.7. The van der Waals surface area contributed by atoms with Crippen LogP contribution in [-0.2, 0) is 42.7 Å². The Morgan fingerprint density at radius 3 is 1.35 bits per heavy atom. The van der Waals surface area contributed by atoms with Gasteiger partial charge in [0.05, 0.1) is 56.5 Å². The van der Waals surface area contributed by atoms with Crippen LogP contribution in [0.3, 0.4) is 0 Å². The predicted molar refractivity (Wildman–Crippen MR) is 300 cm³/mol. The lowest BCUT2D eigenvalue weighted by atomic mass is 10.1. The van der Waals surface area contributed by atoms with Crippen molar-refractivity contribution in [2.45, 2.75) is 58.9 Å². The minimum Gasteiger partial charge on any atom is -0.495 e. The number of nitrogens with zero attached hydrogens (tertiary/aromatic N) is 5. The average Bonchev–Trinajstić information content (AvgIpc) is 3.12. The number of aryl methyl sites for hydroxylation is 3. The molecule has 0 atom stereocenters. The number of rotatable bonds is 10. The fourth-order valence-electron chi connectivity index (χ4n) is 7.98. The van der Waals surface area contributed by atoms with Crippen LogP contribution in [0.5, 0.6) is 5.75 Å². The van der Waals surface area contributed by atoms with Crippen molar-refractivity contribution in [3.63, 3.8) is 0 Å². The fourth-order valence-corrected chi connectivity index (χ4v) is 8.35. The summed E-state index contributed by atoms with van der Waals surface area (Å²) in [5.74, 6) is -1.33. The first-order valence-electron chi connectivity index (χ1n) is 24.0. The topological polar surface area (TPSA) is 211 Å². The lowest BCUT2D eigenvalue weighted by Gasteiger charge is -2.14. The third kappa shape index (κ3) is 17.6. The summed E-state index contributed by atoms with van der Waals surface area (Å²) in [6.45, 7) is 4.58. The first kappa shape index (κ1) is 65.3. The Morgan fingerprint density at radius 1 is 0.548 bits per heavy atom.